The first-order valence-corrected chi connectivity index (χ1v) is 10.7. The van der Waals surface area contributed by atoms with Crippen molar-refractivity contribution >= 4 is 11.6 Å². The molecular weight excluding hydrogens is 442 g/mol. The standard InChI is InChI=1S/C25H22ClN3O4/c1-3-31-19-6-4-5-17(23(19)32-13-15-7-9-16(26)10-8-15)21-18(12-27)24(28)33-20-11-14(2)29-25(30)22(20)21/h4-11,21H,3,13,28H2,1-2H3,(H,29,30). The molecule has 33 heavy (non-hydrogen) atoms. The van der Waals surface area contributed by atoms with Crippen molar-refractivity contribution in [3.05, 3.63) is 97.7 Å². The number of para-hydroxylation sites is 1. The largest absolute Gasteiger partial charge is 0.490 e. The van der Waals surface area contributed by atoms with Crippen LogP contribution in [-0.4, -0.2) is 11.6 Å². The number of nitriles is 1. The number of aromatic amines is 1. The van der Waals surface area contributed by atoms with Crippen LogP contribution in [0, 0.1) is 18.3 Å². The van der Waals surface area contributed by atoms with Crippen molar-refractivity contribution in [2.24, 2.45) is 5.73 Å². The van der Waals surface area contributed by atoms with Crippen molar-refractivity contribution in [3.8, 4) is 23.3 Å². The first-order chi connectivity index (χ1) is 15.9. The van der Waals surface area contributed by atoms with Gasteiger partial charge in [0.2, 0.25) is 5.88 Å². The quantitative estimate of drug-likeness (QED) is 0.555. The number of halogens is 1. The molecule has 1 unspecified atom stereocenters. The molecule has 1 atom stereocenters. The van der Waals surface area contributed by atoms with Gasteiger partial charge in [0.25, 0.3) is 5.56 Å². The molecule has 1 aromatic heterocycles. The Labute approximate surface area is 196 Å². The predicted molar refractivity (Wildman–Crippen MR) is 124 cm³/mol. The zero-order valence-electron chi connectivity index (χ0n) is 18.1. The van der Waals surface area contributed by atoms with Gasteiger partial charge in [0.15, 0.2) is 11.5 Å². The molecule has 0 saturated carbocycles. The van der Waals surface area contributed by atoms with E-state index in [4.69, 9.17) is 31.5 Å². The van der Waals surface area contributed by atoms with Gasteiger partial charge in [-0.2, -0.15) is 5.26 Å². The Kier molecular flexibility index (Phi) is 6.29. The van der Waals surface area contributed by atoms with Crippen molar-refractivity contribution < 1.29 is 14.2 Å². The lowest BCUT2D eigenvalue weighted by molar-refractivity contribution is 0.266. The first kappa shape index (κ1) is 22.3. The summed E-state index contributed by atoms with van der Waals surface area (Å²) in [7, 11) is 0. The van der Waals surface area contributed by atoms with Crippen LogP contribution < -0.4 is 25.5 Å². The summed E-state index contributed by atoms with van der Waals surface area (Å²) in [6.07, 6.45) is 0. The number of H-pyrrole nitrogens is 1. The van der Waals surface area contributed by atoms with Crippen molar-refractivity contribution in [2.45, 2.75) is 26.4 Å². The maximum atomic E-state index is 13.0. The number of aromatic nitrogens is 1. The third-order valence-electron chi connectivity index (χ3n) is 5.27. The van der Waals surface area contributed by atoms with Crippen molar-refractivity contribution in [1.82, 2.24) is 4.98 Å². The van der Waals surface area contributed by atoms with E-state index < -0.39 is 5.92 Å². The highest BCUT2D eigenvalue weighted by Gasteiger charge is 2.36. The third kappa shape index (κ3) is 4.38. The number of hydrogen-bond acceptors (Lipinski definition) is 6. The lowest BCUT2D eigenvalue weighted by Crippen LogP contribution is -2.28. The van der Waals surface area contributed by atoms with E-state index in [1.165, 1.54) is 0 Å². The monoisotopic (exact) mass is 463 g/mol. The normalized spacial score (nSPS) is 14.8. The zero-order chi connectivity index (χ0) is 23.5. The number of rotatable bonds is 6. The summed E-state index contributed by atoms with van der Waals surface area (Å²) in [5.41, 5.74) is 8.24. The van der Waals surface area contributed by atoms with E-state index in [1.807, 2.05) is 19.1 Å². The van der Waals surface area contributed by atoms with Crippen LogP contribution in [0.4, 0.5) is 0 Å². The summed E-state index contributed by atoms with van der Waals surface area (Å²) < 4.78 is 17.7. The number of nitrogens with two attached hydrogens (primary N) is 1. The highest BCUT2D eigenvalue weighted by atomic mass is 35.5. The Morgan fingerprint density at radius 3 is 2.67 bits per heavy atom. The van der Waals surface area contributed by atoms with Gasteiger partial charge in [-0.1, -0.05) is 35.9 Å². The molecule has 4 rings (SSSR count). The van der Waals surface area contributed by atoms with Gasteiger partial charge in [-0.05, 0) is 37.6 Å². The highest BCUT2D eigenvalue weighted by Crippen LogP contribution is 2.46. The average molecular weight is 464 g/mol. The SMILES string of the molecule is CCOc1cccc(C2C(C#N)=C(N)Oc3cc(C)[nH]c(=O)c32)c1OCc1ccc(Cl)cc1. The Bertz CT molecular complexity index is 1320. The van der Waals surface area contributed by atoms with Crippen molar-refractivity contribution in [1.29, 1.82) is 5.26 Å². The van der Waals surface area contributed by atoms with Gasteiger partial charge in [-0.15, -0.1) is 0 Å². The molecular formula is C25H22ClN3O4. The van der Waals surface area contributed by atoms with Crippen LogP contribution in [0.2, 0.25) is 5.02 Å². The fourth-order valence-corrected chi connectivity index (χ4v) is 3.96. The molecule has 0 radical (unpaired) electrons. The minimum absolute atomic E-state index is 0.0505. The number of benzene rings is 2. The van der Waals surface area contributed by atoms with Gasteiger partial charge in [0.05, 0.1) is 18.1 Å². The van der Waals surface area contributed by atoms with Crippen LogP contribution in [-0.2, 0) is 6.61 Å². The number of nitrogens with one attached hydrogen (secondary N) is 1. The molecule has 2 aromatic carbocycles. The van der Waals surface area contributed by atoms with Crippen LogP contribution in [0.25, 0.3) is 0 Å². The van der Waals surface area contributed by atoms with Crippen LogP contribution in [0.1, 0.15) is 35.2 Å². The number of fused-ring (bicyclic) bond motifs is 1. The fraction of sp³-hybridized carbons (Fsp3) is 0.200. The van der Waals surface area contributed by atoms with E-state index in [0.29, 0.717) is 40.1 Å². The molecule has 0 fully saturated rings. The second kappa shape index (κ2) is 9.31. The molecule has 2 heterocycles. The van der Waals surface area contributed by atoms with Crippen molar-refractivity contribution in [3.63, 3.8) is 0 Å². The molecule has 3 aromatic rings. The molecule has 0 bridgehead atoms. The lowest BCUT2D eigenvalue weighted by atomic mass is 9.83. The fourth-order valence-electron chi connectivity index (χ4n) is 3.84. The molecule has 3 N–H and O–H groups in total. The van der Waals surface area contributed by atoms with Gasteiger partial charge in [-0.25, -0.2) is 0 Å². The average Bonchev–Trinajstić information content (AvgIpc) is 2.78. The topological polar surface area (TPSA) is 110 Å². The van der Waals surface area contributed by atoms with E-state index in [-0.39, 0.29) is 29.2 Å². The predicted octanol–water partition coefficient (Wildman–Crippen LogP) is 4.53. The Morgan fingerprint density at radius 2 is 1.97 bits per heavy atom. The van der Waals surface area contributed by atoms with Crippen LogP contribution >= 0.6 is 11.6 Å². The number of aryl methyl sites for hydroxylation is 1. The number of nitrogens with zero attached hydrogens (tertiary/aromatic N) is 1. The Hall–Kier alpha value is -3.89. The zero-order valence-corrected chi connectivity index (χ0v) is 18.9. The van der Waals surface area contributed by atoms with Gasteiger partial charge in [0.1, 0.15) is 24.0 Å². The molecule has 168 valence electrons. The number of pyridine rings is 1. The third-order valence-corrected chi connectivity index (χ3v) is 5.52. The van der Waals surface area contributed by atoms with E-state index in [0.717, 1.165) is 5.56 Å². The second-order valence-electron chi connectivity index (χ2n) is 7.51. The van der Waals surface area contributed by atoms with Crippen LogP contribution in [0.3, 0.4) is 0 Å². The highest BCUT2D eigenvalue weighted by molar-refractivity contribution is 6.30. The van der Waals surface area contributed by atoms with E-state index in [2.05, 4.69) is 11.1 Å². The molecule has 8 heteroatoms. The Morgan fingerprint density at radius 1 is 1.21 bits per heavy atom. The number of allylic oxidation sites excluding steroid dienone is 1. The Balaban J connectivity index is 1.87. The van der Waals surface area contributed by atoms with Crippen LogP contribution in [0.5, 0.6) is 17.2 Å². The molecule has 1 aliphatic heterocycles. The summed E-state index contributed by atoms with van der Waals surface area (Å²) in [5.74, 6) is 0.390. The molecule has 0 amide bonds. The van der Waals surface area contributed by atoms with Gasteiger partial charge >= 0.3 is 0 Å². The molecule has 0 saturated heterocycles. The summed E-state index contributed by atoms with van der Waals surface area (Å²) in [4.78, 5) is 15.8. The van der Waals surface area contributed by atoms with E-state index in [1.54, 1.807) is 43.3 Å². The second-order valence-corrected chi connectivity index (χ2v) is 7.94. The number of hydrogen-bond donors (Lipinski definition) is 2. The van der Waals surface area contributed by atoms with Gasteiger partial charge < -0.3 is 24.9 Å². The lowest BCUT2D eigenvalue weighted by Gasteiger charge is -2.27. The molecule has 0 spiro atoms. The van der Waals surface area contributed by atoms with Crippen LogP contribution in [0.15, 0.2) is 64.8 Å². The maximum absolute atomic E-state index is 13.0. The minimum atomic E-state index is -0.788. The maximum Gasteiger partial charge on any atom is 0.256 e. The van der Waals surface area contributed by atoms with Gasteiger partial charge in [-0.3, -0.25) is 4.79 Å². The summed E-state index contributed by atoms with van der Waals surface area (Å²) >= 11 is 5.99. The molecule has 1 aliphatic rings. The van der Waals surface area contributed by atoms with Crippen molar-refractivity contribution in [2.75, 3.05) is 6.61 Å². The molecule has 7 nitrogen and oxygen atoms in total. The minimum Gasteiger partial charge on any atom is -0.490 e. The van der Waals surface area contributed by atoms with E-state index in [9.17, 15) is 10.1 Å². The first-order valence-electron chi connectivity index (χ1n) is 10.4. The smallest absolute Gasteiger partial charge is 0.256 e. The summed E-state index contributed by atoms with van der Waals surface area (Å²) in [6, 6.07) is 16.4. The number of ether oxygens (including phenoxy) is 3. The summed E-state index contributed by atoms with van der Waals surface area (Å²) in [6.45, 7) is 4.26. The molecule has 0 aliphatic carbocycles. The summed E-state index contributed by atoms with van der Waals surface area (Å²) in [5, 5.41) is 10.5. The van der Waals surface area contributed by atoms with Gasteiger partial charge in [0, 0.05) is 22.3 Å². The van der Waals surface area contributed by atoms with E-state index >= 15 is 0 Å².